The van der Waals surface area contributed by atoms with E-state index in [1.807, 2.05) is 0 Å². The Hall–Kier alpha value is -0.480. The lowest BCUT2D eigenvalue weighted by Gasteiger charge is -1.91. The molecule has 1 aromatic rings. The SMILES string of the molecule is CC(C)=Cc1[pH]c(C)cc1C. The quantitative estimate of drug-likeness (QED) is 0.596. The van der Waals surface area contributed by atoms with Gasteiger partial charge in [-0.25, -0.2) is 0 Å². The lowest BCUT2D eigenvalue weighted by Crippen LogP contribution is -1.68. The van der Waals surface area contributed by atoms with Crippen molar-refractivity contribution in [2.24, 2.45) is 0 Å². The second kappa shape index (κ2) is 3.28. The van der Waals surface area contributed by atoms with E-state index < -0.39 is 0 Å². The molecule has 11 heavy (non-hydrogen) atoms. The first kappa shape index (κ1) is 8.62. The molecular formula is C10H15P. The molecule has 60 valence electrons. The summed E-state index contributed by atoms with van der Waals surface area (Å²) in [6.07, 6.45) is 2.29. The second-order valence-corrected chi connectivity index (χ2v) is 4.85. The molecule has 1 atom stereocenters. The van der Waals surface area contributed by atoms with Crippen molar-refractivity contribution in [3.8, 4) is 0 Å². The van der Waals surface area contributed by atoms with E-state index in [2.05, 4.69) is 39.8 Å². The first-order chi connectivity index (χ1) is 5.09. The van der Waals surface area contributed by atoms with Crippen LogP contribution in [0, 0.1) is 13.8 Å². The summed E-state index contributed by atoms with van der Waals surface area (Å²) in [5, 5.41) is 3.03. The average Bonchev–Trinajstić information content (AvgIpc) is 2.09. The zero-order chi connectivity index (χ0) is 8.43. The lowest BCUT2D eigenvalue weighted by atomic mass is 10.2. The fraction of sp³-hybridized carbons (Fsp3) is 0.400. The smallest absolute Gasteiger partial charge is 0.00595 e. The molecular weight excluding hydrogens is 151 g/mol. The van der Waals surface area contributed by atoms with Crippen molar-refractivity contribution < 1.29 is 0 Å². The maximum absolute atomic E-state index is 2.29. The molecule has 0 N–H and O–H groups in total. The van der Waals surface area contributed by atoms with Gasteiger partial charge in [0.15, 0.2) is 0 Å². The highest BCUT2D eigenvalue weighted by atomic mass is 31.0. The third-order valence-corrected chi connectivity index (χ3v) is 2.97. The highest BCUT2D eigenvalue weighted by Gasteiger charge is 1.96. The van der Waals surface area contributed by atoms with E-state index in [1.165, 1.54) is 21.7 Å². The maximum Gasteiger partial charge on any atom is -0.00595 e. The van der Waals surface area contributed by atoms with Crippen LogP contribution in [0.5, 0.6) is 0 Å². The van der Waals surface area contributed by atoms with Crippen LogP contribution in [0.15, 0.2) is 11.6 Å². The Labute approximate surface area is 70.4 Å². The first-order valence-electron chi connectivity index (χ1n) is 3.90. The number of allylic oxidation sites excluding steroid dienone is 1. The van der Waals surface area contributed by atoms with Gasteiger partial charge in [-0.05, 0) is 43.8 Å². The summed E-state index contributed by atoms with van der Waals surface area (Å²) < 4.78 is 0. The van der Waals surface area contributed by atoms with E-state index >= 15 is 0 Å². The number of aryl methyl sites for hydroxylation is 2. The molecule has 1 rings (SSSR count). The Bertz CT molecular complexity index is 275. The highest BCUT2D eigenvalue weighted by molar-refractivity contribution is 7.32. The van der Waals surface area contributed by atoms with Crippen molar-refractivity contribution >= 4 is 14.3 Å². The first-order valence-corrected chi connectivity index (χ1v) is 4.90. The van der Waals surface area contributed by atoms with Gasteiger partial charge in [0.2, 0.25) is 0 Å². The van der Waals surface area contributed by atoms with E-state index in [0.717, 1.165) is 8.19 Å². The van der Waals surface area contributed by atoms with Gasteiger partial charge < -0.3 is 0 Å². The third kappa shape index (κ3) is 2.24. The van der Waals surface area contributed by atoms with Gasteiger partial charge in [0.25, 0.3) is 0 Å². The monoisotopic (exact) mass is 166 g/mol. The Balaban J connectivity index is 3.04. The van der Waals surface area contributed by atoms with Crippen LogP contribution in [0.3, 0.4) is 0 Å². The Morgan fingerprint density at radius 2 is 2.00 bits per heavy atom. The largest absolute Gasteiger partial charge is 0.129 e. The van der Waals surface area contributed by atoms with Crippen LogP contribution in [0.25, 0.3) is 6.08 Å². The molecule has 1 heterocycles. The average molecular weight is 166 g/mol. The van der Waals surface area contributed by atoms with Crippen molar-refractivity contribution in [2.75, 3.05) is 0 Å². The summed E-state index contributed by atoms with van der Waals surface area (Å²) >= 11 is 0. The minimum Gasteiger partial charge on any atom is -0.129 e. The molecule has 0 saturated heterocycles. The zero-order valence-electron chi connectivity index (χ0n) is 7.65. The van der Waals surface area contributed by atoms with Gasteiger partial charge in [0, 0.05) is 0 Å². The van der Waals surface area contributed by atoms with Crippen LogP contribution in [-0.4, -0.2) is 0 Å². The number of hydrogen-bond donors (Lipinski definition) is 0. The second-order valence-electron chi connectivity index (χ2n) is 3.27. The van der Waals surface area contributed by atoms with Gasteiger partial charge in [-0.3, -0.25) is 0 Å². The van der Waals surface area contributed by atoms with E-state index in [4.69, 9.17) is 0 Å². The van der Waals surface area contributed by atoms with E-state index in [0.29, 0.717) is 0 Å². The Morgan fingerprint density at radius 3 is 2.36 bits per heavy atom. The summed E-state index contributed by atoms with van der Waals surface area (Å²) in [5.41, 5.74) is 2.84. The van der Waals surface area contributed by atoms with E-state index in [1.54, 1.807) is 0 Å². The molecule has 0 radical (unpaired) electrons. The van der Waals surface area contributed by atoms with Gasteiger partial charge in [-0.2, -0.15) is 0 Å². The minimum atomic E-state index is 0.911. The van der Waals surface area contributed by atoms with Crippen LogP contribution < -0.4 is 0 Å². The molecule has 0 fully saturated rings. The van der Waals surface area contributed by atoms with Crippen molar-refractivity contribution in [1.29, 1.82) is 0 Å². The summed E-state index contributed by atoms with van der Waals surface area (Å²) in [5.74, 6) is 0. The lowest BCUT2D eigenvalue weighted by molar-refractivity contribution is 1.42. The zero-order valence-corrected chi connectivity index (χ0v) is 8.65. The standard InChI is InChI=1S/C10H15P/c1-7(2)5-10-8(3)6-9(4)11-10/h5-6,11H,1-4H3. The predicted octanol–water partition coefficient (Wildman–Crippen LogP) is 3.76. The number of rotatable bonds is 1. The van der Waals surface area contributed by atoms with Crippen molar-refractivity contribution in [2.45, 2.75) is 27.7 Å². The maximum atomic E-state index is 2.29. The normalized spacial score (nSPS) is 10.5. The third-order valence-electron chi connectivity index (χ3n) is 1.62. The molecule has 0 aliphatic carbocycles. The van der Waals surface area contributed by atoms with Gasteiger partial charge in [-0.15, -0.1) is 8.19 Å². The fourth-order valence-electron chi connectivity index (χ4n) is 1.19. The van der Waals surface area contributed by atoms with Crippen molar-refractivity contribution in [3.05, 3.63) is 27.8 Å². The van der Waals surface area contributed by atoms with Crippen LogP contribution in [0.1, 0.15) is 30.0 Å². The molecule has 0 amide bonds. The molecule has 0 nitrogen and oxygen atoms in total. The molecule has 0 bridgehead atoms. The van der Waals surface area contributed by atoms with Gasteiger partial charge in [-0.1, -0.05) is 17.7 Å². The summed E-state index contributed by atoms with van der Waals surface area (Å²) in [6, 6.07) is 2.28. The number of hydrogen-bond acceptors (Lipinski definition) is 0. The Kier molecular flexibility index (Phi) is 2.57. The molecule has 0 saturated carbocycles. The van der Waals surface area contributed by atoms with E-state index in [-0.39, 0.29) is 0 Å². The van der Waals surface area contributed by atoms with E-state index in [9.17, 15) is 0 Å². The summed E-state index contributed by atoms with van der Waals surface area (Å²) in [7, 11) is 0.911. The molecule has 1 unspecified atom stereocenters. The Morgan fingerprint density at radius 1 is 1.36 bits per heavy atom. The van der Waals surface area contributed by atoms with Crippen LogP contribution in [-0.2, 0) is 0 Å². The minimum absolute atomic E-state index is 0.911. The van der Waals surface area contributed by atoms with Gasteiger partial charge in [0.05, 0.1) is 0 Å². The van der Waals surface area contributed by atoms with Crippen LogP contribution in [0.4, 0.5) is 0 Å². The van der Waals surface area contributed by atoms with Gasteiger partial charge >= 0.3 is 0 Å². The molecule has 0 aliphatic heterocycles. The van der Waals surface area contributed by atoms with Crippen molar-refractivity contribution in [1.82, 2.24) is 0 Å². The van der Waals surface area contributed by atoms with Crippen molar-refractivity contribution in [3.63, 3.8) is 0 Å². The fourth-order valence-corrected chi connectivity index (χ4v) is 2.53. The summed E-state index contributed by atoms with van der Waals surface area (Å²) in [4.78, 5) is 0. The van der Waals surface area contributed by atoms with Crippen LogP contribution in [0.2, 0.25) is 0 Å². The summed E-state index contributed by atoms with van der Waals surface area (Å²) in [6.45, 7) is 8.70. The predicted molar refractivity (Wildman–Crippen MR) is 54.7 cm³/mol. The molecule has 0 aromatic carbocycles. The van der Waals surface area contributed by atoms with Crippen LogP contribution >= 0.6 is 8.19 Å². The molecule has 0 aliphatic rings. The highest BCUT2D eigenvalue weighted by Crippen LogP contribution is 2.28. The van der Waals surface area contributed by atoms with Gasteiger partial charge in [0.1, 0.15) is 0 Å². The topological polar surface area (TPSA) is 0 Å². The molecule has 1 aromatic heterocycles. The molecule has 0 spiro atoms. The molecule has 1 heteroatoms.